The maximum atomic E-state index is 12.5. The summed E-state index contributed by atoms with van der Waals surface area (Å²) in [6, 6.07) is 13.6. The highest BCUT2D eigenvalue weighted by atomic mass is 32.2. The molecule has 3 rings (SSSR count). The smallest absolute Gasteiger partial charge is 0.339 e. The van der Waals surface area contributed by atoms with Gasteiger partial charge in [0.2, 0.25) is 0 Å². The van der Waals surface area contributed by atoms with Crippen LogP contribution >= 0.6 is 23.5 Å². The van der Waals surface area contributed by atoms with Crippen molar-refractivity contribution in [2.75, 3.05) is 31.3 Å². The molecule has 156 valence electrons. The molecule has 1 amide bonds. The number of thioether (sulfide) groups is 2. The van der Waals surface area contributed by atoms with E-state index in [2.05, 4.69) is 10.3 Å². The summed E-state index contributed by atoms with van der Waals surface area (Å²) in [5.74, 6) is -0.123. The van der Waals surface area contributed by atoms with Gasteiger partial charge in [0.25, 0.3) is 5.91 Å². The number of para-hydroxylation sites is 1. The molecule has 1 N–H and O–H groups in total. The van der Waals surface area contributed by atoms with E-state index >= 15 is 0 Å². The van der Waals surface area contributed by atoms with Gasteiger partial charge in [0, 0.05) is 11.5 Å². The van der Waals surface area contributed by atoms with Gasteiger partial charge in [-0.25, -0.2) is 9.59 Å². The van der Waals surface area contributed by atoms with Crippen molar-refractivity contribution in [3.05, 3.63) is 65.2 Å². The summed E-state index contributed by atoms with van der Waals surface area (Å²) < 4.78 is 10.9. The first-order chi connectivity index (χ1) is 14.6. The average Bonchev–Trinajstić information content (AvgIpc) is 3.30. The molecular formula is C21H20N2O5S2. The lowest BCUT2D eigenvalue weighted by atomic mass is 10.1. The molecule has 0 aromatic heterocycles. The van der Waals surface area contributed by atoms with Gasteiger partial charge in [-0.15, -0.1) is 0 Å². The molecule has 0 aliphatic carbocycles. The quantitative estimate of drug-likeness (QED) is 0.652. The molecule has 30 heavy (non-hydrogen) atoms. The zero-order valence-electron chi connectivity index (χ0n) is 16.3. The topological polar surface area (TPSA) is 94.1 Å². The molecule has 0 atom stereocenters. The highest BCUT2D eigenvalue weighted by Crippen LogP contribution is 2.26. The van der Waals surface area contributed by atoms with Crippen LogP contribution in [0.3, 0.4) is 0 Å². The minimum atomic E-state index is -0.580. The Kier molecular flexibility index (Phi) is 7.92. The Morgan fingerprint density at radius 3 is 2.53 bits per heavy atom. The van der Waals surface area contributed by atoms with Crippen LogP contribution < -0.4 is 5.32 Å². The molecular weight excluding hydrogens is 424 g/mol. The standard InChI is InChI=1S/C21H20N2O5S2/c1-27-19(25)16-8-4-5-9-17(16)23-18(24)12-28-20(26)15-7-3-2-6-14(15)13-30-21-22-10-11-29-21/h2-9H,10-13H2,1H3,(H,23,24). The molecule has 0 saturated heterocycles. The number of hydrogen-bond donors (Lipinski definition) is 1. The molecule has 2 aromatic carbocycles. The number of rotatable bonds is 7. The lowest BCUT2D eigenvalue weighted by molar-refractivity contribution is -0.119. The number of anilines is 1. The van der Waals surface area contributed by atoms with Gasteiger partial charge in [0.1, 0.15) is 4.38 Å². The van der Waals surface area contributed by atoms with E-state index in [9.17, 15) is 14.4 Å². The van der Waals surface area contributed by atoms with Crippen molar-refractivity contribution in [1.29, 1.82) is 0 Å². The van der Waals surface area contributed by atoms with Gasteiger partial charge < -0.3 is 14.8 Å². The minimum Gasteiger partial charge on any atom is -0.465 e. The van der Waals surface area contributed by atoms with Crippen molar-refractivity contribution in [3.63, 3.8) is 0 Å². The molecule has 0 bridgehead atoms. The Morgan fingerprint density at radius 1 is 1.07 bits per heavy atom. The van der Waals surface area contributed by atoms with E-state index in [1.165, 1.54) is 13.2 Å². The van der Waals surface area contributed by atoms with Gasteiger partial charge in [-0.3, -0.25) is 9.79 Å². The highest BCUT2D eigenvalue weighted by Gasteiger charge is 2.17. The normalized spacial score (nSPS) is 12.8. The van der Waals surface area contributed by atoms with Gasteiger partial charge >= 0.3 is 11.9 Å². The lowest BCUT2D eigenvalue weighted by Crippen LogP contribution is -2.22. The number of amides is 1. The van der Waals surface area contributed by atoms with Crippen LogP contribution in [0, 0.1) is 0 Å². The summed E-state index contributed by atoms with van der Waals surface area (Å²) in [5.41, 5.74) is 1.74. The summed E-state index contributed by atoms with van der Waals surface area (Å²) in [4.78, 5) is 40.9. The number of benzene rings is 2. The number of esters is 2. The van der Waals surface area contributed by atoms with Gasteiger partial charge in [0.05, 0.1) is 30.5 Å². The van der Waals surface area contributed by atoms with Crippen molar-refractivity contribution in [3.8, 4) is 0 Å². The van der Waals surface area contributed by atoms with Crippen LogP contribution in [0.4, 0.5) is 5.69 Å². The van der Waals surface area contributed by atoms with Crippen LogP contribution in [0.15, 0.2) is 53.5 Å². The number of ether oxygens (including phenoxy) is 2. The maximum Gasteiger partial charge on any atom is 0.339 e. The number of nitrogens with one attached hydrogen (secondary N) is 1. The SMILES string of the molecule is COC(=O)c1ccccc1NC(=O)COC(=O)c1ccccc1CSC1=NCCS1. The molecule has 0 unspecified atom stereocenters. The second kappa shape index (κ2) is 10.8. The van der Waals surface area contributed by atoms with Crippen molar-refractivity contribution in [1.82, 2.24) is 0 Å². The number of carbonyl (C=O) groups is 3. The van der Waals surface area contributed by atoms with Crippen molar-refractivity contribution in [2.24, 2.45) is 4.99 Å². The van der Waals surface area contributed by atoms with Crippen LogP contribution in [-0.2, 0) is 20.0 Å². The maximum absolute atomic E-state index is 12.5. The van der Waals surface area contributed by atoms with Crippen LogP contribution in [0.1, 0.15) is 26.3 Å². The summed E-state index contributed by atoms with van der Waals surface area (Å²) in [6.07, 6.45) is 0. The Hall–Kier alpha value is -2.78. The van der Waals surface area contributed by atoms with E-state index in [4.69, 9.17) is 9.47 Å². The second-order valence-corrected chi connectivity index (χ2v) is 8.41. The highest BCUT2D eigenvalue weighted by molar-refractivity contribution is 8.38. The average molecular weight is 445 g/mol. The number of nitrogens with zero attached hydrogens (tertiary/aromatic N) is 1. The molecule has 1 aliphatic rings. The first-order valence-electron chi connectivity index (χ1n) is 9.10. The van der Waals surface area contributed by atoms with Gasteiger partial charge in [-0.05, 0) is 23.8 Å². The molecule has 0 fully saturated rings. The largest absolute Gasteiger partial charge is 0.465 e. The summed E-state index contributed by atoms with van der Waals surface area (Å²) in [7, 11) is 1.26. The fourth-order valence-corrected chi connectivity index (χ4v) is 4.68. The first kappa shape index (κ1) is 21.9. The Labute approximate surface area is 182 Å². The minimum absolute atomic E-state index is 0.217. The van der Waals surface area contributed by atoms with E-state index in [-0.39, 0.29) is 11.3 Å². The molecule has 0 saturated carbocycles. The summed E-state index contributed by atoms with van der Waals surface area (Å²) >= 11 is 3.29. The predicted molar refractivity (Wildman–Crippen MR) is 119 cm³/mol. The molecule has 9 heteroatoms. The first-order valence-corrected chi connectivity index (χ1v) is 11.1. The molecule has 1 heterocycles. The second-order valence-electron chi connectivity index (χ2n) is 6.10. The molecule has 2 aromatic rings. The van der Waals surface area contributed by atoms with Crippen LogP contribution in [0.25, 0.3) is 0 Å². The zero-order chi connectivity index (χ0) is 21.3. The van der Waals surface area contributed by atoms with E-state index in [1.54, 1.807) is 53.9 Å². The third kappa shape index (κ3) is 5.87. The van der Waals surface area contributed by atoms with Gasteiger partial charge in [0.15, 0.2) is 6.61 Å². The van der Waals surface area contributed by atoms with Gasteiger partial charge in [-0.1, -0.05) is 53.9 Å². The van der Waals surface area contributed by atoms with Crippen LogP contribution in [-0.4, -0.2) is 48.2 Å². The molecule has 0 spiro atoms. The van der Waals surface area contributed by atoms with Crippen molar-refractivity contribution >= 4 is 51.4 Å². The lowest BCUT2D eigenvalue weighted by Gasteiger charge is -2.11. The van der Waals surface area contributed by atoms with E-state index in [0.29, 0.717) is 11.3 Å². The Bertz CT molecular complexity index is 977. The molecule has 1 aliphatic heterocycles. The number of carbonyl (C=O) groups excluding carboxylic acids is 3. The number of hydrogen-bond acceptors (Lipinski definition) is 8. The molecule has 0 radical (unpaired) electrons. The van der Waals surface area contributed by atoms with Crippen molar-refractivity contribution in [2.45, 2.75) is 5.75 Å². The summed E-state index contributed by atoms with van der Waals surface area (Å²) in [6.45, 7) is 0.350. The van der Waals surface area contributed by atoms with E-state index in [1.807, 2.05) is 12.1 Å². The summed E-state index contributed by atoms with van der Waals surface area (Å²) in [5, 5.41) is 2.57. The number of aliphatic imine (C=N–C) groups is 1. The fourth-order valence-electron chi connectivity index (χ4n) is 2.66. The van der Waals surface area contributed by atoms with Gasteiger partial charge in [-0.2, -0.15) is 0 Å². The fraction of sp³-hybridized carbons (Fsp3) is 0.238. The van der Waals surface area contributed by atoms with Crippen LogP contribution in [0.2, 0.25) is 0 Å². The third-order valence-corrected chi connectivity index (χ3v) is 6.39. The van der Waals surface area contributed by atoms with E-state index < -0.39 is 24.5 Å². The Balaban J connectivity index is 1.58. The third-order valence-electron chi connectivity index (χ3n) is 4.09. The monoisotopic (exact) mass is 444 g/mol. The Morgan fingerprint density at radius 2 is 1.80 bits per heavy atom. The van der Waals surface area contributed by atoms with Crippen molar-refractivity contribution < 1.29 is 23.9 Å². The van der Waals surface area contributed by atoms with Crippen LogP contribution in [0.5, 0.6) is 0 Å². The van der Waals surface area contributed by atoms with E-state index in [0.717, 1.165) is 22.2 Å². The number of methoxy groups -OCH3 is 1. The molecule has 7 nitrogen and oxygen atoms in total. The predicted octanol–water partition coefficient (Wildman–Crippen LogP) is 3.60. The zero-order valence-corrected chi connectivity index (χ0v) is 17.9.